The van der Waals surface area contributed by atoms with Crippen LogP contribution in [-0.2, 0) is 24.2 Å². The van der Waals surface area contributed by atoms with Gasteiger partial charge in [0.25, 0.3) is 5.91 Å². The van der Waals surface area contributed by atoms with E-state index < -0.39 is 0 Å². The molecule has 3 rings (SSSR count). The zero-order valence-corrected chi connectivity index (χ0v) is 14.7. The molecule has 0 spiro atoms. The fourth-order valence-corrected chi connectivity index (χ4v) is 3.21. The molecule has 1 aliphatic heterocycles. The molecule has 2 aromatic heterocycles. The first-order valence-electron chi connectivity index (χ1n) is 8.56. The second kappa shape index (κ2) is 6.76. The fraction of sp³-hybridized carbons (Fsp3) is 0.588. The Kier molecular flexibility index (Phi) is 4.71. The molecule has 3 heterocycles. The number of carbonyl (C=O) groups excluding carboxylic acids is 1. The van der Waals surface area contributed by atoms with Crippen LogP contribution in [0.2, 0.25) is 0 Å². The maximum atomic E-state index is 13.0. The highest BCUT2D eigenvalue weighted by atomic mass is 16.5. The monoisotopic (exact) mass is 331 g/mol. The average molecular weight is 331 g/mol. The highest BCUT2D eigenvalue weighted by Gasteiger charge is 2.31. The summed E-state index contributed by atoms with van der Waals surface area (Å²) in [5, 5.41) is 11.6. The van der Waals surface area contributed by atoms with Crippen molar-refractivity contribution in [1.29, 1.82) is 0 Å². The van der Waals surface area contributed by atoms with Crippen LogP contribution in [0.1, 0.15) is 61.1 Å². The number of aromatic nitrogens is 4. The van der Waals surface area contributed by atoms with E-state index in [9.17, 15) is 4.79 Å². The third-order valence-electron chi connectivity index (χ3n) is 4.49. The number of aromatic amines is 1. The smallest absolute Gasteiger partial charge is 0.274 e. The van der Waals surface area contributed by atoms with Crippen LogP contribution in [0.3, 0.4) is 0 Å². The molecule has 2 aromatic rings. The van der Waals surface area contributed by atoms with Crippen molar-refractivity contribution in [3.63, 3.8) is 0 Å². The zero-order valence-electron chi connectivity index (χ0n) is 14.7. The van der Waals surface area contributed by atoms with Crippen molar-refractivity contribution >= 4 is 5.91 Å². The second-order valence-electron chi connectivity index (χ2n) is 6.28. The highest BCUT2D eigenvalue weighted by Crippen LogP contribution is 2.30. The molecular formula is C17H25N5O2. The first-order valence-corrected chi connectivity index (χ1v) is 8.56. The fourth-order valence-electron chi connectivity index (χ4n) is 3.21. The van der Waals surface area contributed by atoms with Crippen molar-refractivity contribution in [2.45, 2.75) is 59.4 Å². The number of nitrogens with zero attached hydrogens (tertiary/aromatic N) is 4. The van der Waals surface area contributed by atoms with Crippen LogP contribution in [0.4, 0.5) is 0 Å². The number of amides is 1. The minimum atomic E-state index is -0.0596. The lowest BCUT2D eigenvalue weighted by Gasteiger charge is -2.26. The van der Waals surface area contributed by atoms with E-state index in [0.717, 1.165) is 23.4 Å². The van der Waals surface area contributed by atoms with E-state index in [1.54, 1.807) is 4.90 Å². The van der Waals surface area contributed by atoms with Crippen molar-refractivity contribution in [2.75, 3.05) is 6.54 Å². The van der Waals surface area contributed by atoms with Crippen LogP contribution in [0.5, 0.6) is 0 Å². The van der Waals surface area contributed by atoms with Crippen molar-refractivity contribution in [1.82, 2.24) is 24.9 Å². The molecular weight excluding hydrogens is 306 g/mol. The summed E-state index contributed by atoms with van der Waals surface area (Å²) in [6.07, 6.45) is 4.54. The molecule has 24 heavy (non-hydrogen) atoms. The van der Waals surface area contributed by atoms with Gasteiger partial charge in [-0.1, -0.05) is 0 Å². The number of hydrogen-bond acceptors (Lipinski definition) is 4. The summed E-state index contributed by atoms with van der Waals surface area (Å²) in [4.78, 5) is 14.8. The SMILES string of the molecule is CCN(Cc1cnn(CC)c1)C(=O)c1n[nH]c2c1C[C@H](C)O[C@@H]2C. The Morgan fingerprint density at radius 2 is 2.25 bits per heavy atom. The van der Waals surface area contributed by atoms with Gasteiger partial charge in [0.2, 0.25) is 0 Å². The lowest BCUT2D eigenvalue weighted by molar-refractivity contribution is -0.00702. The number of nitrogens with one attached hydrogen (secondary N) is 1. The van der Waals surface area contributed by atoms with E-state index in [-0.39, 0.29) is 18.1 Å². The van der Waals surface area contributed by atoms with Gasteiger partial charge in [0, 0.05) is 43.4 Å². The van der Waals surface area contributed by atoms with Crippen molar-refractivity contribution in [3.05, 3.63) is 34.9 Å². The summed E-state index contributed by atoms with van der Waals surface area (Å²) in [5.74, 6) is -0.0412. The Hall–Kier alpha value is -2.15. The molecule has 7 nitrogen and oxygen atoms in total. The summed E-state index contributed by atoms with van der Waals surface area (Å²) in [7, 11) is 0. The van der Waals surface area contributed by atoms with Gasteiger partial charge >= 0.3 is 0 Å². The Balaban J connectivity index is 1.82. The molecule has 0 aliphatic carbocycles. The van der Waals surface area contributed by atoms with E-state index >= 15 is 0 Å². The molecule has 0 unspecified atom stereocenters. The molecule has 0 radical (unpaired) electrons. The Morgan fingerprint density at radius 1 is 1.46 bits per heavy atom. The maximum Gasteiger partial charge on any atom is 0.274 e. The average Bonchev–Trinajstić information content (AvgIpc) is 3.18. The van der Waals surface area contributed by atoms with Gasteiger partial charge in [0.1, 0.15) is 0 Å². The predicted octanol–water partition coefficient (Wildman–Crippen LogP) is 2.31. The van der Waals surface area contributed by atoms with Crippen molar-refractivity contribution < 1.29 is 9.53 Å². The first-order chi connectivity index (χ1) is 11.5. The van der Waals surface area contributed by atoms with Crippen LogP contribution in [0.25, 0.3) is 0 Å². The molecule has 7 heteroatoms. The van der Waals surface area contributed by atoms with E-state index in [1.165, 1.54) is 0 Å². The number of aryl methyl sites for hydroxylation is 1. The van der Waals surface area contributed by atoms with Gasteiger partial charge < -0.3 is 9.64 Å². The van der Waals surface area contributed by atoms with Crippen LogP contribution >= 0.6 is 0 Å². The molecule has 1 amide bonds. The van der Waals surface area contributed by atoms with Crippen molar-refractivity contribution in [2.24, 2.45) is 0 Å². The minimum absolute atomic E-state index is 0.0412. The van der Waals surface area contributed by atoms with Gasteiger partial charge in [-0.05, 0) is 27.7 Å². The summed E-state index contributed by atoms with van der Waals surface area (Å²) in [6.45, 7) is 10.0. The molecule has 130 valence electrons. The maximum absolute atomic E-state index is 13.0. The Labute approximate surface area is 142 Å². The number of H-pyrrole nitrogens is 1. The van der Waals surface area contributed by atoms with Gasteiger partial charge in [-0.3, -0.25) is 14.6 Å². The lowest BCUT2D eigenvalue weighted by atomic mass is 9.99. The summed E-state index contributed by atoms with van der Waals surface area (Å²) in [5.41, 5.74) is 3.47. The molecule has 1 aliphatic rings. The van der Waals surface area contributed by atoms with E-state index in [0.29, 0.717) is 25.2 Å². The normalized spacial score (nSPS) is 20.0. The zero-order chi connectivity index (χ0) is 17.3. The largest absolute Gasteiger partial charge is 0.369 e. The molecule has 0 fully saturated rings. The van der Waals surface area contributed by atoms with E-state index in [1.807, 2.05) is 44.8 Å². The third kappa shape index (κ3) is 3.08. The lowest BCUT2D eigenvalue weighted by Crippen LogP contribution is -2.32. The number of carbonyl (C=O) groups is 1. The van der Waals surface area contributed by atoms with Crippen LogP contribution < -0.4 is 0 Å². The molecule has 0 bridgehead atoms. The van der Waals surface area contributed by atoms with Crippen LogP contribution in [0, 0.1) is 0 Å². The molecule has 2 atom stereocenters. The van der Waals surface area contributed by atoms with Crippen molar-refractivity contribution in [3.8, 4) is 0 Å². The minimum Gasteiger partial charge on any atom is -0.369 e. The van der Waals surface area contributed by atoms with Gasteiger partial charge in [0.15, 0.2) is 5.69 Å². The molecule has 1 N–H and O–H groups in total. The molecule has 0 saturated carbocycles. The van der Waals surface area contributed by atoms with E-state index in [4.69, 9.17) is 4.74 Å². The summed E-state index contributed by atoms with van der Waals surface area (Å²) >= 11 is 0. The first kappa shape index (κ1) is 16.7. The number of rotatable bonds is 5. The number of fused-ring (bicyclic) bond motifs is 1. The molecule has 0 aromatic carbocycles. The van der Waals surface area contributed by atoms with Gasteiger partial charge in [-0.2, -0.15) is 10.2 Å². The second-order valence-corrected chi connectivity index (χ2v) is 6.28. The standard InChI is InChI=1S/C17H25N5O2/c1-5-21(9-13-8-18-22(6-2)10-13)17(23)16-14-7-11(3)24-12(4)15(14)19-20-16/h8,10-12H,5-7,9H2,1-4H3,(H,19,20)/t11-,12+/m0/s1. The highest BCUT2D eigenvalue weighted by molar-refractivity contribution is 5.94. The van der Waals surface area contributed by atoms with E-state index in [2.05, 4.69) is 15.3 Å². The molecule has 0 saturated heterocycles. The van der Waals surface area contributed by atoms with Crippen LogP contribution in [0.15, 0.2) is 12.4 Å². The number of ether oxygens (including phenoxy) is 1. The number of hydrogen-bond donors (Lipinski definition) is 1. The quantitative estimate of drug-likeness (QED) is 0.912. The van der Waals surface area contributed by atoms with Gasteiger partial charge in [-0.25, -0.2) is 0 Å². The van der Waals surface area contributed by atoms with Gasteiger partial charge in [0.05, 0.1) is 24.1 Å². The summed E-state index contributed by atoms with van der Waals surface area (Å²) in [6, 6.07) is 0. The Bertz CT molecular complexity index is 720. The Morgan fingerprint density at radius 3 is 2.92 bits per heavy atom. The van der Waals surface area contributed by atoms with Crippen LogP contribution in [-0.4, -0.2) is 43.4 Å². The third-order valence-corrected chi connectivity index (χ3v) is 4.49. The predicted molar refractivity (Wildman–Crippen MR) is 89.6 cm³/mol. The topological polar surface area (TPSA) is 76.0 Å². The summed E-state index contributed by atoms with van der Waals surface area (Å²) < 4.78 is 7.66. The van der Waals surface area contributed by atoms with Gasteiger partial charge in [-0.15, -0.1) is 0 Å².